The number of rotatable bonds is 10. The van der Waals surface area contributed by atoms with Gasteiger partial charge in [-0.15, -0.1) is 0 Å². The summed E-state index contributed by atoms with van der Waals surface area (Å²) < 4.78 is 10.8. The highest BCUT2D eigenvalue weighted by Gasteiger charge is 2.70. The molecule has 0 spiro atoms. The number of esters is 1. The van der Waals surface area contributed by atoms with E-state index in [0.29, 0.717) is 37.6 Å². The van der Waals surface area contributed by atoms with Crippen LogP contribution in [-0.4, -0.2) is 54.5 Å². The molecule has 0 aliphatic heterocycles. The number of alkyl carbamates (subject to hydrolysis) is 1. The molecule has 0 saturated heterocycles. The molecule has 0 aromatic carbocycles. The van der Waals surface area contributed by atoms with E-state index in [1.807, 2.05) is 0 Å². The Balaban J connectivity index is 1.42. The Bertz CT molecular complexity index is 1460. The molecule has 0 bridgehead atoms. The molecule has 280 valence electrons. The van der Waals surface area contributed by atoms with E-state index in [1.54, 1.807) is 13.8 Å². The highest BCUT2D eigenvalue weighted by atomic mass is 16.5. The second kappa shape index (κ2) is 13.1. The Labute approximate surface area is 299 Å². The number of carbonyl (C=O) groups is 5. The van der Waals surface area contributed by atoms with Crippen molar-refractivity contribution in [2.75, 3.05) is 13.7 Å². The van der Waals surface area contributed by atoms with Crippen molar-refractivity contribution < 1.29 is 38.6 Å². The third-order valence-electron chi connectivity index (χ3n) is 15.4. The van der Waals surface area contributed by atoms with Crippen molar-refractivity contribution >= 4 is 29.6 Å². The van der Waals surface area contributed by atoms with Crippen LogP contribution in [0.5, 0.6) is 0 Å². The minimum Gasteiger partial charge on any atom is -0.481 e. The van der Waals surface area contributed by atoms with Crippen LogP contribution in [0.4, 0.5) is 4.79 Å². The molecule has 4 saturated carbocycles. The predicted octanol–water partition coefficient (Wildman–Crippen LogP) is 8.09. The first-order valence-corrected chi connectivity index (χ1v) is 19.2. The summed E-state index contributed by atoms with van der Waals surface area (Å²) in [5.74, 6) is -0.141. The van der Waals surface area contributed by atoms with Gasteiger partial charge in [0.25, 0.3) is 0 Å². The fourth-order valence-electron chi connectivity index (χ4n) is 12.5. The molecule has 4 fully saturated rings. The number of nitrogens with one attached hydrogen (secondary N) is 1. The minimum atomic E-state index is -1.18. The summed E-state index contributed by atoms with van der Waals surface area (Å²) in [7, 11) is 1.33. The van der Waals surface area contributed by atoms with Crippen LogP contribution < -0.4 is 5.32 Å². The van der Waals surface area contributed by atoms with Crippen LogP contribution in [0, 0.1) is 56.2 Å². The highest BCUT2D eigenvalue weighted by molar-refractivity contribution is 6.07. The fourth-order valence-corrected chi connectivity index (χ4v) is 12.5. The molecule has 9 heteroatoms. The average molecular weight is 698 g/mol. The second-order valence-electron chi connectivity index (χ2n) is 18.9. The number of Topliss-reactive ketones (excluding diaryl/α,β-unsaturated/α-hetero) is 2. The van der Waals surface area contributed by atoms with Gasteiger partial charge in [-0.2, -0.15) is 0 Å². The van der Waals surface area contributed by atoms with Crippen LogP contribution >= 0.6 is 0 Å². The van der Waals surface area contributed by atoms with E-state index in [2.05, 4.69) is 58.5 Å². The summed E-state index contributed by atoms with van der Waals surface area (Å²) in [6, 6.07) is 0. The van der Waals surface area contributed by atoms with Crippen LogP contribution in [0.15, 0.2) is 11.1 Å². The van der Waals surface area contributed by atoms with Crippen molar-refractivity contribution in [1.29, 1.82) is 0 Å². The Morgan fingerprint density at radius 3 is 2.22 bits per heavy atom. The number of fused-ring (bicyclic) bond motifs is 7. The van der Waals surface area contributed by atoms with Crippen LogP contribution in [0.25, 0.3) is 0 Å². The van der Waals surface area contributed by atoms with Gasteiger partial charge in [0, 0.05) is 24.8 Å². The lowest BCUT2D eigenvalue weighted by Gasteiger charge is -2.72. The van der Waals surface area contributed by atoms with Gasteiger partial charge < -0.3 is 19.9 Å². The van der Waals surface area contributed by atoms with Gasteiger partial charge in [0.05, 0.1) is 24.4 Å². The first-order chi connectivity index (χ1) is 23.1. The summed E-state index contributed by atoms with van der Waals surface area (Å²) in [5, 5.41) is 12.3. The first-order valence-electron chi connectivity index (χ1n) is 19.2. The van der Waals surface area contributed by atoms with Gasteiger partial charge in [-0.1, -0.05) is 48.5 Å². The quantitative estimate of drug-likeness (QED) is 0.173. The zero-order valence-corrected chi connectivity index (χ0v) is 32.4. The largest absolute Gasteiger partial charge is 0.481 e. The lowest BCUT2D eigenvalue weighted by molar-refractivity contribution is -0.233. The zero-order chi connectivity index (χ0) is 37.2. The summed E-state index contributed by atoms with van der Waals surface area (Å²) in [5.41, 5.74) is -0.159. The van der Waals surface area contributed by atoms with E-state index in [4.69, 9.17) is 4.74 Å². The molecule has 5 rings (SSSR count). The average Bonchev–Trinajstić information content (AvgIpc) is 3.33. The van der Waals surface area contributed by atoms with Crippen LogP contribution in [0.2, 0.25) is 0 Å². The number of ether oxygens (including phenoxy) is 2. The Morgan fingerprint density at radius 2 is 1.60 bits per heavy atom. The Morgan fingerprint density at radius 1 is 0.920 bits per heavy atom. The lowest BCUT2D eigenvalue weighted by Crippen LogP contribution is -2.66. The molecule has 2 N–H and O–H groups in total. The smallest absolute Gasteiger partial charge is 0.406 e. The SMILES string of the molecule is COC(=O)NCCCC(=O)[C@@]12CC[C@]3(C)[C@H](CC[C@@H]4[C@@]5(C)CC[C@H](OC(=O)CC(C)(C)C(=O)O)C(C)(C)[C@@H]5CC[C@]43C)C1=C(C(C)C)C(=O)C2. The van der Waals surface area contributed by atoms with Gasteiger partial charge in [-0.25, -0.2) is 4.79 Å². The maximum Gasteiger partial charge on any atom is 0.406 e. The maximum absolute atomic E-state index is 14.3. The van der Waals surface area contributed by atoms with E-state index in [1.165, 1.54) is 7.11 Å². The van der Waals surface area contributed by atoms with Crippen molar-refractivity contribution in [1.82, 2.24) is 5.32 Å². The maximum atomic E-state index is 14.3. The number of carbonyl (C=O) groups excluding carboxylic acids is 4. The summed E-state index contributed by atoms with van der Waals surface area (Å²) in [6.45, 7) is 19.6. The van der Waals surface area contributed by atoms with Gasteiger partial charge in [0.2, 0.25) is 0 Å². The summed E-state index contributed by atoms with van der Waals surface area (Å²) in [4.78, 5) is 64.5. The van der Waals surface area contributed by atoms with Crippen molar-refractivity contribution in [2.45, 2.75) is 145 Å². The number of ketones is 2. The fraction of sp³-hybridized carbons (Fsp3) is 0.829. The number of amides is 1. The molecule has 0 aromatic rings. The number of hydrogen-bond acceptors (Lipinski definition) is 7. The third kappa shape index (κ3) is 5.84. The van der Waals surface area contributed by atoms with Gasteiger partial charge in [-0.3, -0.25) is 19.2 Å². The van der Waals surface area contributed by atoms with Crippen molar-refractivity contribution in [3.8, 4) is 0 Å². The number of carboxylic acids is 1. The van der Waals surface area contributed by atoms with E-state index < -0.39 is 28.9 Å². The van der Waals surface area contributed by atoms with Crippen molar-refractivity contribution in [2.24, 2.45) is 56.2 Å². The standard InChI is InChI=1S/C41H63NO8/c1-24(2)32-26(43)22-41(29(44)12-11-21-42-35(48)49-10)20-19-39(8)25(33(32)41)13-14-28-38(7)17-16-30(50-31(45)23-36(3,4)34(46)47)37(5,6)27(38)15-18-40(28,39)9/h24-25,27-28,30H,11-23H2,1-10H3,(H,42,48)(H,46,47)/t25-,27+,28-,30+,38+,39-,40-,41+/m1/s1. The number of hydrogen-bond donors (Lipinski definition) is 2. The minimum absolute atomic E-state index is 0.00659. The van der Waals surface area contributed by atoms with Crippen LogP contribution in [0.1, 0.15) is 139 Å². The Kier molecular flexibility index (Phi) is 10.1. The third-order valence-corrected chi connectivity index (χ3v) is 15.4. The number of carboxylic acid groups (broad SMARTS) is 1. The lowest BCUT2D eigenvalue weighted by atomic mass is 9.33. The normalized spacial score (nSPS) is 37.6. The monoisotopic (exact) mass is 697 g/mol. The number of methoxy groups -OCH3 is 1. The van der Waals surface area contributed by atoms with Gasteiger partial charge >= 0.3 is 18.0 Å². The van der Waals surface area contributed by atoms with Crippen LogP contribution in [-0.2, 0) is 28.7 Å². The zero-order valence-electron chi connectivity index (χ0n) is 32.4. The highest BCUT2D eigenvalue weighted by Crippen LogP contribution is 2.77. The molecule has 8 atom stereocenters. The predicted molar refractivity (Wildman–Crippen MR) is 190 cm³/mol. The van der Waals surface area contributed by atoms with E-state index >= 15 is 0 Å². The van der Waals surface area contributed by atoms with Gasteiger partial charge in [0.1, 0.15) is 11.9 Å². The van der Waals surface area contributed by atoms with Crippen LogP contribution in [0.3, 0.4) is 0 Å². The molecule has 0 unspecified atom stereocenters. The molecule has 1 amide bonds. The number of allylic oxidation sites excluding steroid dienone is 2. The van der Waals surface area contributed by atoms with E-state index in [-0.39, 0.29) is 64.0 Å². The molecule has 9 nitrogen and oxygen atoms in total. The molecule has 5 aliphatic carbocycles. The molecular weight excluding hydrogens is 634 g/mol. The van der Waals surface area contributed by atoms with E-state index in [0.717, 1.165) is 56.1 Å². The molecule has 0 heterocycles. The van der Waals surface area contributed by atoms with Crippen molar-refractivity contribution in [3.05, 3.63) is 11.1 Å². The van der Waals surface area contributed by atoms with Gasteiger partial charge in [-0.05, 0) is 123 Å². The topological polar surface area (TPSA) is 136 Å². The number of aliphatic carboxylic acids is 1. The Hall–Kier alpha value is -2.71. The molecule has 0 aromatic heterocycles. The van der Waals surface area contributed by atoms with Gasteiger partial charge in [0.15, 0.2) is 5.78 Å². The first kappa shape index (κ1) is 38.5. The van der Waals surface area contributed by atoms with E-state index in [9.17, 15) is 29.1 Å². The molecule has 50 heavy (non-hydrogen) atoms. The molecule has 5 aliphatic rings. The molecular formula is C41H63NO8. The van der Waals surface area contributed by atoms with Crippen molar-refractivity contribution in [3.63, 3.8) is 0 Å². The summed E-state index contributed by atoms with van der Waals surface area (Å²) in [6.07, 6.45) is 7.55. The molecule has 0 radical (unpaired) electrons. The second-order valence-corrected chi connectivity index (χ2v) is 18.9. The summed E-state index contributed by atoms with van der Waals surface area (Å²) >= 11 is 0.